The summed E-state index contributed by atoms with van der Waals surface area (Å²) in [6.45, 7) is 0. The molecule has 0 atom stereocenters. The first-order valence-electron chi connectivity index (χ1n) is 2.75. The van der Waals surface area contributed by atoms with Gasteiger partial charge in [-0.05, 0) is 0 Å². The Kier molecular flexibility index (Phi) is 4.38. The van der Waals surface area contributed by atoms with Crippen LogP contribution in [0.2, 0.25) is 0 Å². The second-order valence-electron chi connectivity index (χ2n) is 1.60. The summed E-state index contributed by atoms with van der Waals surface area (Å²) in [6, 6.07) is -1.30. The van der Waals surface area contributed by atoms with Gasteiger partial charge in [0.15, 0.2) is 0 Å². The Morgan fingerprint density at radius 1 is 1.38 bits per heavy atom. The first-order valence-corrected chi connectivity index (χ1v) is 3.56. The Labute approximate surface area is 75.1 Å². The van der Waals surface area contributed by atoms with Gasteiger partial charge in [-0.2, -0.15) is 13.2 Å². The van der Waals surface area contributed by atoms with Gasteiger partial charge < -0.3 is 4.74 Å². The lowest BCUT2D eigenvalue weighted by molar-refractivity contribution is -0.0334. The lowest BCUT2D eigenvalue weighted by Crippen LogP contribution is -2.37. The van der Waals surface area contributed by atoms with Gasteiger partial charge in [-0.25, -0.2) is 14.9 Å². The number of alkyl carbamates (subject to hydrolysis) is 1. The summed E-state index contributed by atoms with van der Waals surface area (Å²) in [4.78, 5) is 20.7. The van der Waals surface area contributed by atoms with Crippen LogP contribution in [0.3, 0.4) is 0 Å². The lowest BCUT2D eigenvalue weighted by atomic mass is 11.0. The lowest BCUT2D eigenvalue weighted by Gasteiger charge is -2.06. The van der Waals surface area contributed by atoms with Crippen LogP contribution >= 0.6 is 11.9 Å². The zero-order chi connectivity index (χ0) is 10.5. The molecule has 0 aliphatic heterocycles. The summed E-state index contributed by atoms with van der Waals surface area (Å²) < 4.78 is 39.6. The number of urea groups is 1. The van der Waals surface area contributed by atoms with Crippen LogP contribution in [0.5, 0.6) is 0 Å². The summed E-state index contributed by atoms with van der Waals surface area (Å²) in [5, 5.41) is 1.47. The Hall–Kier alpha value is -1.12. The van der Waals surface area contributed by atoms with E-state index in [4.69, 9.17) is 0 Å². The highest BCUT2D eigenvalue weighted by molar-refractivity contribution is 7.98. The predicted molar refractivity (Wildman–Crippen MR) is 37.7 cm³/mol. The number of halogens is 3. The van der Waals surface area contributed by atoms with Crippen LogP contribution in [-0.2, 0) is 4.74 Å². The molecule has 76 valence electrons. The highest BCUT2D eigenvalue weighted by Crippen LogP contribution is 2.26. The van der Waals surface area contributed by atoms with E-state index >= 15 is 0 Å². The minimum atomic E-state index is -4.59. The second-order valence-corrected chi connectivity index (χ2v) is 2.47. The van der Waals surface area contributed by atoms with Crippen molar-refractivity contribution >= 4 is 24.1 Å². The molecule has 0 radical (unpaired) electrons. The fraction of sp³-hybridized carbons (Fsp3) is 0.500. The van der Waals surface area contributed by atoms with Crippen molar-refractivity contribution in [3.63, 3.8) is 0 Å². The number of ether oxygens (including phenoxy) is 1. The van der Waals surface area contributed by atoms with Crippen LogP contribution in [0, 0.1) is 0 Å². The fourth-order valence-electron chi connectivity index (χ4n) is 0.273. The van der Waals surface area contributed by atoms with Gasteiger partial charge in [-0.15, -0.1) is 0 Å². The summed E-state index contributed by atoms with van der Waals surface area (Å²) in [7, 11) is 0.972. The Bertz CT molecular complexity index is 207. The molecule has 2 N–H and O–H groups in total. The van der Waals surface area contributed by atoms with E-state index < -0.39 is 29.6 Å². The van der Waals surface area contributed by atoms with Crippen molar-refractivity contribution in [3.05, 3.63) is 0 Å². The van der Waals surface area contributed by atoms with Crippen LogP contribution in [0.25, 0.3) is 0 Å². The maximum Gasteiger partial charge on any atom is 0.461 e. The maximum absolute atomic E-state index is 11.4. The molecule has 0 saturated heterocycles. The molecule has 13 heavy (non-hydrogen) atoms. The molecule has 0 heterocycles. The molecule has 0 aromatic carbocycles. The van der Waals surface area contributed by atoms with E-state index in [1.807, 2.05) is 0 Å². The normalized spacial score (nSPS) is 10.5. The average molecular weight is 218 g/mol. The standard InChI is InChI=1S/C4H5F3N2O3S/c1-12-3(11)8-2(10)9-13-4(5,6)7/h1H3,(H2,8,9,10,11). The molecule has 5 nitrogen and oxygen atoms in total. The predicted octanol–water partition coefficient (Wildman–Crippen LogP) is 1.22. The van der Waals surface area contributed by atoms with Crippen molar-refractivity contribution in [1.29, 1.82) is 0 Å². The van der Waals surface area contributed by atoms with E-state index in [2.05, 4.69) is 4.74 Å². The fourth-order valence-corrected chi connectivity index (χ4v) is 0.533. The maximum atomic E-state index is 11.4. The third-order valence-corrected chi connectivity index (χ3v) is 1.18. The van der Waals surface area contributed by atoms with Gasteiger partial charge in [0, 0.05) is 0 Å². The zero-order valence-corrected chi connectivity index (χ0v) is 7.08. The van der Waals surface area contributed by atoms with E-state index in [0.717, 1.165) is 7.11 Å². The van der Waals surface area contributed by atoms with Gasteiger partial charge in [0.25, 0.3) is 0 Å². The molecule has 0 rings (SSSR count). The molecule has 0 bridgehead atoms. The molecule has 0 aromatic heterocycles. The molecule has 3 amide bonds. The molecule has 0 aliphatic carbocycles. The Morgan fingerprint density at radius 3 is 2.31 bits per heavy atom. The van der Waals surface area contributed by atoms with E-state index in [-0.39, 0.29) is 0 Å². The van der Waals surface area contributed by atoms with Crippen molar-refractivity contribution < 1.29 is 27.5 Å². The van der Waals surface area contributed by atoms with Crippen molar-refractivity contribution in [2.75, 3.05) is 7.11 Å². The first-order chi connectivity index (χ1) is 5.85. The van der Waals surface area contributed by atoms with Gasteiger partial charge in [0.1, 0.15) is 0 Å². The molecule has 0 spiro atoms. The number of hydrogen-bond acceptors (Lipinski definition) is 4. The van der Waals surface area contributed by atoms with E-state index in [0.29, 0.717) is 0 Å². The number of alkyl halides is 3. The van der Waals surface area contributed by atoms with Crippen LogP contribution in [0.15, 0.2) is 0 Å². The quantitative estimate of drug-likeness (QED) is 0.649. The summed E-state index contributed by atoms with van der Waals surface area (Å²) in [5.41, 5.74) is -4.59. The number of carbonyl (C=O) groups excluding carboxylic acids is 2. The zero-order valence-electron chi connectivity index (χ0n) is 6.27. The largest absolute Gasteiger partial charge is 0.461 e. The average Bonchev–Trinajstić information content (AvgIpc) is 1.99. The molecule has 0 aliphatic rings. The number of carbonyl (C=O) groups is 2. The van der Waals surface area contributed by atoms with Gasteiger partial charge in [-0.1, -0.05) is 0 Å². The molecule has 0 saturated carbocycles. The van der Waals surface area contributed by atoms with E-state index in [1.54, 1.807) is 0 Å². The number of hydrogen-bond donors (Lipinski definition) is 2. The SMILES string of the molecule is COC(=O)NC(=O)NSC(F)(F)F. The number of nitrogens with one attached hydrogen (secondary N) is 2. The second kappa shape index (κ2) is 4.80. The van der Waals surface area contributed by atoms with Gasteiger partial charge in [-0.3, -0.25) is 4.72 Å². The van der Waals surface area contributed by atoms with Crippen LogP contribution in [0.4, 0.5) is 22.8 Å². The summed E-state index contributed by atoms with van der Waals surface area (Å²) in [5.74, 6) is 0. The molecular formula is C4H5F3N2O3S. The molecule has 0 unspecified atom stereocenters. The summed E-state index contributed by atoms with van der Waals surface area (Å²) >= 11 is -0.776. The smallest absolute Gasteiger partial charge is 0.453 e. The molecular weight excluding hydrogens is 213 g/mol. The molecule has 0 fully saturated rings. The third-order valence-electron chi connectivity index (χ3n) is 0.660. The van der Waals surface area contributed by atoms with Gasteiger partial charge in [0.05, 0.1) is 19.1 Å². The minimum Gasteiger partial charge on any atom is -0.453 e. The number of methoxy groups -OCH3 is 1. The number of amides is 3. The summed E-state index contributed by atoms with van der Waals surface area (Å²) in [6.07, 6.45) is -1.14. The van der Waals surface area contributed by atoms with Crippen molar-refractivity contribution in [3.8, 4) is 0 Å². The van der Waals surface area contributed by atoms with Crippen LogP contribution < -0.4 is 10.0 Å². The van der Waals surface area contributed by atoms with E-state index in [9.17, 15) is 22.8 Å². The minimum absolute atomic E-state index is 0.776. The highest BCUT2D eigenvalue weighted by Gasteiger charge is 2.30. The van der Waals surface area contributed by atoms with Crippen molar-refractivity contribution in [2.24, 2.45) is 0 Å². The highest BCUT2D eigenvalue weighted by atomic mass is 32.2. The van der Waals surface area contributed by atoms with Crippen molar-refractivity contribution in [2.45, 2.75) is 5.51 Å². The van der Waals surface area contributed by atoms with Crippen LogP contribution in [-0.4, -0.2) is 24.7 Å². The number of rotatable bonds is 1. The van der Waals surface area contributed by atoms with Gasteiger partial charge in [0.2, 0.25) is 0 Å². The Morgan fingerprint density at radius 2 is 1.92 bits per heavy atom. The number of imide groups is 1. The third kappa shape index (κ3) is 7.25. The van der Waals surface area contributed by atoms with Crippen LogP contribution in [0.1, 0.15) is 0 Å². The van der Waals surface area contributed by atoms with Crippen molar-refractivity contribution in [1.82, 2.24) is 10.0 Å². The molecule has 9 heteroatoms. The Balaban J connectivity index is 3.70. The monoisotopic (exact) mass is 218 g/mol. The topological polar surface area (TPSA) is 67.4 Å². The van der Waals surface area contributed by atoms with Gasteiger partial charge >= 0.3 is 17.6 Å². The first kappa shape index (κ1) is 11.9. The molecule has 0 aromatic rings. The van der Waals surface area contributed by atoms with E-state index in [1.165, 1.54) is 10.0 Å².